The number of rotatable bonds is 6. The molecule has 1 heterocycles. The molecule has 1 aromatic heterocycles. The normalized spacial score (nSPS) is 12.0. The molecule has 2 aromatic rings. The second-order valence-corrected chi connectivity index (χ2v) is 5.69. The lowest BCUT2D eigenvalue weighted by atomic mass is 10.1. The van der Waals surface area contributed by atoms with Crippen LogP contribution in [0.1, 0.15) is 18.9 Å². The second kappa shape index (κ2) is 7.71. The minimum absolute atomic E-state index is 0.141. The molecule has 0 spiro atoms. The van der Waals surface area contributed by atoms with Gasteiger partial charge in [-0.1, -0.05) is 24.3 Å². The maximum atomic E-state index is 11.7. The zero-order valence-corrected chi connectivity index (χ0v) is 13.4. The van der Waals surface area contributed by atoms with E-state index in [1.165, 1.54) is 5.56 Å². The van der Waals surface area contributed by atoms with Crippen LogP contribution in [-0.4, -0.2) is 35.9 Å². The van der Waals surface area contributed by atoms with E-state index in [2.05, 4.69) is 28.5 Å². The van der Waals surface area contributed by atoms with Crippen molar-refractivity contribution in [2.45, 2.75) is 25.9 Å². The van der Waals surface area contributed by atoms with Gasteiger partial charge < -0.3 is 10.2 Å². The fourth-order valence-corrected chi connectivity index (χ4v) is 2.18. The van der Waals surface area contributed by atoms with Crippen molar-refractivity contribution < 1.29 is 4.79 Å². The SMILES string of the molecule is C[C@H](CC(=O)N(C)C)NCc1cccc(-c2ccccn2)c1. The summed E-state index contributed by atoms with van der Waals surface area (Å²) in [4.78, 5) is 17.7. The summed E-state index contributed by atoms with van der Waals surface area (Å²) >= 11 is 0. The molecular weight excluding hydrogens is 274 g/mol. The van der Waals surface area contributed by atoms with E-state index in [0.29, 0.717) is 6.42 Å². The number of benzene rings is 1. The molecule has 0 bridgehead atoms. The van der Waals surface area contributed by atoms with Crippen molar-refractivity contribution in [1.82, 2.24) is 15.2 Å². The number of carbonyl (C=O) groups is 1. The standard InChI is InChI=1S/C18H23N3O/c1-14(11-18(22)21(2)3)20-13-15-7-6-8-16(12-15)17-9-4-5-10-19-17/h4-10,12,14,20H,11,13H2,1-3H3/t14-/m1/s1. The van der Waals surface area contributed by atoms with Crippen molar-refractivity contribution in [2.24, 2.45) is 0 Å². The summed E-state index contributed by atoms with van der Waals surface area (Å²) in [5.41, 5.74) is 3.27. The number of aromatic nitrogens is 1. The lowest BCUT2D eigenvalue weighted by Crippen LogP contribution is -2.32. The third-order valence-electron chi connectivity index (χ3n) is 3.52. The van der Waals surface area contributed by atoms with Crippen LogP contribution in [0.15, 0.2) is 48.7 Å². The zero-order valence-electron chi connectivity index (χ0n) is 13.4. The molecule has 1 aromatic carbocycles. The van der Waals surface area contributed by atoms with Crippen LogP contribution in [0.25, 0.3) is 11.3 Å². The number of carbonyl (C=O) groups excluding carboxylic acids is 1. The van der Waals surface area contributed by atoms with Gasteiger partial charge in [0.1, 0.15) is 0 Å². The first-order valence-electron chi connectivity index (χ1n) is 7.50. The second-order valence-electron chi connectivity index (χ2n) is 5.69. The predicted molar refractivity (Wildman–Crippen MR) is 89.3 cm³/mol. The van der Waals surface area contributed by atoms with E-state index >= 15 is 0 Å². The predicted octanol–water partition coefficient (Wildman–Crippen LogP) is 2.71. The minimum atomic E-state index is 0.141. The van der Waals surface area contributed by atoms with Crippen molar-refractivity contribution >= 4 is 5.91 Å². The Morgan fingerprint density at radius 3 is 2.73 bits per heavy atom. The van der Waals surface area contributed by atoms with E-state index < -0.39 is 0 Å². The maximum Gasteiger partial charge on any atom is 0.223 e. The van der Waals surface area contributed by atoms with Crippen LogP contribution >= 0.6 is 0 Å². The van der Waals surface area contributed by atoms with Gasteiger partial charge in [0.25, 0.3) is 0 Å². The molecule has 1 atom stereocenters. The first-order chi connectivity index (χ1) is 10.6. The number of nitrogens with one attached hydrogen (secondary N) is 1. The molecule has 0 aliphatic rings. The molecule has 1 amide bonds. The summed E-state index contributed by atoms with van der Waals surface area (Å²) in [5, 5.41) is 3.40. The van der Waals surface area contributed by atoms with Gasteiger partial charge in [-0.3, -0.25) is 9.78 Å². The molecule has 0 aliphatic carbocycles. The van der Waals surface area contributed by atoms with Gasteiger partial charge in [0.05, 0.1) is 5.69 Å². The van der Waals surface area contributed by atoms with Crippen LogP contribution in [-0.2, 0) is 11.3 Å². The molecule has 1 N–H and O–H groups in total. The Labute approximate surface area is 132 Å². The highest BCUT2D eigenvalue weighted by atomic mass is 16.2. The van der Waals surface area contributed by atoms with Gasteiger partial charge in [0.15, 0.2) is 0 Å². The lowest BCUT2D eigenvalue weighted by Gasteiger charge is -2.16. The van der Waals surface area contributed by atoms with Gasteiger partial charge in [-0.2, -0.15) is 0 Å². The molecule has 0 fully saturated rings. The average molecular weight is 297 g/mol. The van der Waals surface area contributed by atoms with Crippen LogP contribution < -0.4 is 5.32 Å². The Hall–Kier alpha value is -2.20. The summed E-state index contributed by atoms with van der Waals surface area (Å²) in [7, 11) is 3.57. The van der Waals surface area contributed by atoms with Gasteiger partial charge >= 0.3 is 0 Å². The highest BCUT2D eigenvalue weighted by Crippen LogP contribution is 2.17. The largest absolute Gasteiger partial charge is 0.349 e. The van der Waals surface area contributed by atoms with E-state index in [-0.39, 0.29) is 11.9 Å². The number of amides is 1. The van der Waals surface area contributed by atoms with Crippen LogP contribution in [0.3, 0.4) is 0 Å². The number of pyridine rings is 1. The molecule has 0 aliphatic heterocycles. The van der Waals surface area contributed by atoms with E-state index in [4.69, 9.17) is 0 Å². The highest BCUT2D eigenvalue weighted by molar-refractivity contribution is 5.76. The first-order valence-corrected chi connectivity index (χ1v) is 7.50. The number of hydrogen-bond acceptors (Lipinski definition) is 3. The van der Waals surface area contributed by atoms with Crippen LogP contribution in [0.4, 0.5) is 0 Å². The molecule has 0 saturated heterocycles. The molecule has 4 nitrogen and oxygen atoms in total. The molecule has 0 unspecified atom stereocenters. The van der Waals surface area contributed by atoms with Gasteiger partial charge in [-0.25, -0.2) is 0 Å². The Kier molecular flexibility index (Phi) is 5.67. The van der Waals surface area contributed by atoms with Gasteiger partial charge in [-0.05, 0) is 30.7 Å². The van der Waals surface area contributed by atoms with Gasteiger partial charge in [-0.15, -0.1) is 0 Å². The van der Waals surface area contributed by atoms with E-state index in [1.54, 1.807) is 25.2 Å². The van der Waals surface area contributed by atoms with Crippen molar-refractivity contribution in [1.29, 1.82) is 0 Å². The summed E-state index contributed by atoms with van der Waals surface area (Å²) in [6.07, 6.45) is 2.31. The van der Waals surface area contributed by atoms with Crippen molar-refractivity contribution in [3.8, 4) is 11.3 Å². The Balaban J connectivity index is 1.95. The molecule has 116 valence electrons. The fourth-order valence-electron chi connectivity index (χ4n) is 2.18. The first kappa shape index (κ1) is 16.2. The topological polar surface area (TPSA) is 45.2 Å². The molecule has 22 heavy (non-hydrogen) atoms. The third-order valence-corrected chi connectivity index (χ3v) is 3.52. The molecule has 4 heteroatoms. The summed E-state index contributed by atoms with van der Waals surface area (Å²) in [5.74, 6) is 0.141. The van der Waals surface area contributed by atoms with E-state index in [1.807, 2.05) is 31.2 Å². The Bertz CT molecular complexity index is 611. The lowest BCUT2D eigenvalue weighted by molar-refractivity contribution is -0.129. The number of hydrogen-bond donors (Lipinski definition) is 1. The average Bonchev–Trinajstić information content (AvgIpc) is 2.54. The Morgan fingerprint density at radius 2 is 2.05 bits per heavy atom. The number of nitrogens with zero attached hydrogens (tertiary/aromatic N) is 2. The monoisotopic (exact) mass is 297 g/mol. The van der Waals surface area contributed by atoms with Gasteiger partial charge in [0.2, 0.25) is 5.91 Å². The van der Waals surface area contributed by atoms with Crippen LogP contribution in [0.2, 0.25) is 0 Å². The van der Waals surface area contributed by atoms with Crippen molar-refractivity contribution in [3.63, 3.8) is 0 Å². The summed E-state index contributed by atoms with van der Waals surface area (Å²) in [6, 6.07) is 14.4. The smallest absolute Gasteiger partial charge is 0.223 e. The molecule has 0 radical (unpaired) electrons. The fraction of sp³-hybridized carbons (Fsp3) is 0.333. The van der Waals surface area contributed by atoms with Crippen molar-refractivity contribution in [3.05, 3.63) is 54.2 Å². The van der Waals surface area contributed by atoms with Crippen molar-refractivity contribution in [2.75, 3.05) is 14.1 Å². The summed E-state index contributed by atoms with van der Waals surface area (Å²) in [6.45, 7) is 2.77. The molecule has 2 rings (SSSR count). The highest BCUT2D eigenvalue weighted by Gasteiger charge is 2.10. The van der Waals surface area contributed by atoms with E-state index in [0.717, 1.165) is 17.8 Å². The van der Waals surface area contributed by atoms with Crippen LogP contribution in [0, 0.1) is 0 Å². The quantitative estimate of drug-likeness (QED) is 0.891. The third kappa shape index (κ3) is 4.67. The summed E-state index contributed by atoms with van der Waals surface area (Å²) < 4.78 is 0. The Morgan fingerprint density at radius 1 is 1.23 bits per heavy atom. The maximum absolute atomic E-state index is 11.7. The molecule has 0 saturated carbocycles. The van der Waals surface area contributed by atoms with Gasteiger partial charge in [0, 0.05) is 44.9 Å². The molecular formula is C18H23N3O. The minimum Gasteiger partial charge on any atom is -0.349 e. The van der Waals surface area contributed by atoms with E-state index in [9.17, 15) is 4.79 Å². The van der Waals surface area contributed by atoms with Crippen LogP contribution in [0.5, 0.6) is 0 Å². The zero-order chi connectivity index (χ0) is 15.9.